The lowest BCUT2D eigenvalue weighted by Crippen LogP contribution is -2.37. The predicted molar refractivity (Wildman–Crippen MR) is 125 cm³/mol. The molecule has 1 amide bonds. The van der Waals surface area contributed by atoms with Crippen LogP contribution in [0.3, 0.4) is 0 Å². The number of carbonyl (C=O) groups excluding carboxylic acids is 1. The molecule has 0 aliphatic heterocycles. The van der Waals surface area contributed by atoms with Gasteiger partial charge in [-0.05, 0) is 42.8 Å². The van der Waals surface area contributed by atoms with Crippen molar-refractivity contribution >= 4 is 33.4 Å². The van der Waals surface area contributed by atoms with Crippen LogP contribution in [-0.4, -0.2) is 28.0 Å². The Balaban J connectivity index is 1.91. The van der Waals surface area contributed by atoms with E-state index in [1.54, 1.807) is 48.5 Å². The largest absolute Gasteiger partial charge is 0.495 e. The molecule has 0 unspecified atom stereocenters. The number of nitrogens with one attached hydrogen (secondary N) is 1. The number of nitrogens with zero attached hydrogens (tertiary/aromatic N) is 1. The van der Waals surface area contributed by atoms with Crippen LogP contribution in [0.5, 0.6) is 5.75 Å². The molecule has 0 atom stereocenters. The van der Waals surface area contributed by atoms with Gasteiger partial charge in [-0.2, -0.15) is 0 Å². The molecular formula is C24H24N2O4S. The number of rotatable bonds is 8. The summed E-state index contributed by atoms with van der Waals surface area (Å²) in [4.78, 5) is 12.7. The number of anilines is 2. The number of methoxy groups -OCH3 is 1. The van der Waals surface area contributed by atoms with Gasteiger partial charge in [0.2, 0.25) is 5.91 Å². The maximum absolute atomic E-state index is 13.2. The molecule has 0 aliphatic rings. The number of carbonyl (C=O) groups is 1. The highest BCUT2D eigenvalue weighted by molar-refractivity contribution is 7.95. The van der Waals surface area contributed by atoms with E-state index in [1.165, 1.54) is 13.2 Å². The number of hydrogen-bond acceptors (Lipinski definition) is 4. The third-order valence-electron chi connectivity index (χ3n) is 4.52. The van der Waals surface area contributed by atoms with Gasteiger partial charge in [0.25, 0.3) is 10.0 Å². The first kappa shape index (κ1) is 22.1. The summed E-state index contributed by atoms with van der Waals surface area (Å²) in [5, 5.41) is 3.83. The topological polar surface area (TPSA) is 75.7 Å². The van der Waals surface area contributed by atoms with E-state index >= 15 is 0 Å². The summed E-state index contributed by atoms with van der Waals surface area (Å²) in [6.07, 6.45) is 1.50. The van der Waals surface area contributed by atoms with E-state index in [0.29, 0.717) is 11.4 Å². The molecule has 0 heterocycles. The number of amides is 1. The Morgan fingerprint density at radius 2 is 1.61 bits per heavy atom. The minimum atomic E-state index is -3.99. The fraction of sp³-hybridized carbons (Fsp3) is 0.125. The van der Waals surface area contributed by atoms with Crippen molar-refractivity contribution in [2.24, 2.45) is 0 Å². The number of ether oxygens (including phenoxy) is 1. The highest BCUT2D eigenvalue weighted by Crippen LogP contribution is 2.30. The van der Waals surface area contributed by atoms with Crippen molar-refractivity contribution < 1.29 is 17.9 Å². The van der Waals surface area contributed by atoms with Crippen LogP contribution < -0.4 is 14.4 Å². The lowest BCUT2D eigenvalue weighted by molar-refractivity contribution is -0.114. The third kappa shape index (κ3) is 5.96. The maximum atomic E-state index is 13.2. The van der Waals surface area contributed by atoms with Crippen molar-refractivity contribution in [3.05, 3.63) is 95.4 Å². The fourth-order valence-corrected chi connectivity index (χ4v) is 4.12. The Hall–Kier alpha value is -3.58. The molecule has 0 fully saturated rings. The molecule has 6 nitrogen and oxygen atoms in total. The molecule has 3 aromatic carbocycles. The second-order valence-electron chi connectivity index (χ2n) is 6.85. The highest BCUT2D eigenvalue weighted by Gasteiger charge is 2.25. The molecule has 31 heavy (non-hydrogen) atoms. The number of sulfonamides is 1. The first-order valence-electron chi connectivity index (χ1n) is 9.64. The van der Waals surface area contributed by atoms with E-state index in [1.807, 2.05) is 37.3 Å². The zero-order valence-corrected chi connectivity index (χ0v) is 18.2. The van der Waals surface area contributed by atoms with Gasteiger partial charge in [0, 0.05) is 5.69 Å². The molecule has 0 radical (unpaired) electrons. The minimum absolute atomic E-state index is 0.279. The van der Waals surface area contributed by atoms with E-state index in [2.05, 4.69) is 5.32 Å². The minimum Gasteiger partial charge on any atom is -0.495 e. The lowest BCUT2D eigenvalue weighted by Gasteiger charge is -2.24. The van der Waals surface area contributed by atoms with Gasteiger partial charge in [-0.25, -0.2) is 8.42 Å². The monoisotopic (exact) mass is 436 g/mol. The zero-order chi connectivity index (χ0) is 22.3. The van der Waals surface area contributed by atoms with Crippen molar-refractivity contribution in [1.82, 2.24) is 0 Å². The number of hydrogen-bond donors (Lipinski definition) is 1. The normalized spacial score (nSPS) is 11.3. The first-order chi connectivity index (χ1) is 14.9. The molecule has 0 saturated heterocycles. The van der Waals surface area contributed by atoms with Crippen LogP contribution in [0.2, 0.25) is 0 Å². The molecule has 1 N–H and O–H groups in total. The maximum Gasteiger partial charge on any atom is 0.258 e. The number of para-hydroxylation sites is 2. The molecule has 3 aromatic rings. The molecular weight excluding hydrogens is 412 g/mol. The van der Waals surface area contributed by atoms with Crippen molar-refractivity contribution in [3.8, 4) is 5.75 Å². The Labute approximate surface area is 182 Å². The third-order valence-corrected chi connectivity index (χ3v) is 5.94. The molecule has 160 valence electrons. The Morgan fingerprint density at radius 1 is 0.968 bits per heavy atom. The molecule has 0 bridgehead atoms. The summed E-state index contributed by atoms with van der Waals surface area (Å²) >= 11 is 0. The van der Waals surface area contributed by atoms with Gasteiger partial charge in [-0.1, -0.05) is 60.2 Å². The van der Waals surface area contributed by atoms with Gasteiger partial charge in [-0.3, -0.25) is 9.10 Å². The SMILES string of the molecule is COc1ccccc1N(CC(=O)Nc1ccc(C)cc1)S(=O)(=O)C=Cc1ccccc1. The van der Waals surface area contributed by atoms with Crippen LogP contribution in [-0.2, 0) is 14.8 Å². The summed E-state index contributed by atoms with van der Waals surface area (Å²) in [6.45, 7) is 1.54. The van der Waals surface area contributed by atoms with Gasteiger partial charge in [0.05, 0.1) is 18.2 Å². The second kappa shape index (κ2) is 9.95. The van der Waals surface area contributed by atoms with Crippen LogP contribution in [0.15, 0.2) is 84.3 Å². The molecule has 0 aromatic heterocycles. The average Bonchev–Trinajstić information content (AvgIpc) is 2.78. The fourth-order valence-electron chi connectivity index (χ4n) is 2.92. The average molecular weight is 437 g/mol. The smallest absolute Gasteiger partial charge is 0.258 e. The summed E-state index contributed by atoms with van der Waals surface area (Å²) < 4.78 is 32.8. The summed E-state index contributed by atoms with van der Waals surface area (Å²) in [7, 11) is -2.53. The van der Waals surface area contributed by atoms with Crippen molar-refractivity contribution in [3.63, 3.8) is 0 Å². The lowest BCUT2D eigenvalue weighted by atomic mass is 10.2. The quantitative estimate of drug-likeness (QED) is 0.566. The standard InChI is InChI=1S/C24H24N2O4S/c1-19-12-14-21(15-13-19)25-24(27)18-26(22-10-6-7-11-23(22)30-2)31(28,29)17-16-20-8-4-3-5-9-20/h3-17H,18H2,1-2H3,(H,25,27). The van der Waals surface area contributed by atoms with Gasteiger partial charge in [0.15, 0.2) is 0 Å². The van der Waals surface area contributed by atoms with Crippen molar-refractivity contribution in [1.29, 1.82) is 0 Å². The van der Waals surface area contributed by atoms with Crippen LogP contribution in [0.25, 0.3) is 6.08 Å². The molecule has 7 heteroatoms. The van der Waals surface area contributed by atoms with Crippen LogP contribution in [0, 0.1) is 6.92 Å². The highest BCUT2D eigenvalue weighted by atomic mass is 32.2. The summed E-state index contributed by atoms with van der Waals surface area (Å²) in [5.41, 5.74) is 2.66. The van der Waals surface area contributed by atoms with Crippen molar-refractivity contribution in [2.45, 2.75) is 6.92 Å². The number of benzene rings is 3. The summed E-state index contributed by atoms with van der Waals surface area (Å²) in [5.74, 6) is -0.117. The molecule has 0 spiro atoms. The predicted octanol–water partition coefficient (Wildman–Crippen LogP) is 4.45. The van der Waals surface area contributed by atoms with Crippen LogP contribution in [0.1, 0.15) is 11.1 Å². The van der Waals surface area contributed by atoms with Gasteiger partial charge in [-0.15, -0.1) is 0 Å². The van der Waals surface area contributed by atoms with E-state index in [4.69, 9.17) is 4.74 Å². The first-order valence-corrected chi connectivity index (χ1v) is 11.1. The Morgan fingerprint density at radius 3 is 2.29 bits per heavy atom. The molecule has 3 rings (SSSR count). The van der Waals surface area contributed by atoms with Gasteiger partial charge in [0.1, 0.15) is 12.3 Å². The Kier molecular flexibility index (Phi) is 7.10. The molecule has 0 saturated carbocycles. The number of aryl methyl sites for hydroxylation is 1. The van der Waals surface area contributed by atoms with Gasteiger partial charge >= 0.3 is 0 Å². The van der Waals surface area contributed by atoms with Crippen molar-refractivity contribution in [2.75, 3.05) is 23.3 Å². The molecule has 0 aliphatic carbocycles. The second-order valence-corrected chi connectivity index (χ2v) is 8.59. The van der Waals surface area contributed by atoms with E-state index < -0.39 is 22.5 Å². The van der Waals surface area contributed by atoms with E-state index in [-0.39, 0.29) is 5.69 Å². The van der Waals surface area contributed by atoms with E-state index in [9.17, 15) is 13.2 Å². The van der Waals surface area contributed by atoms with E-state index in [0.717, 1.165) is 20.8 Å². The van der Waals surface area contributed by atoms with Crippen LogP contribution in [0.4, 0.5) is 11.4 Å². The Bertz CT molecular complexity index is 1160. The zero-order valence-electron chi connectivity index (χ0n) is 17.4. The summed E-state index contributed by atoms with van der Waals surface area (Å²) in [6, 6.07) is 23.0. The van der Waals surface area contributed by atoms with Crippen LogP contribution >= 0.6 is 0 Å². The van der Waals surface area contributed by atoms with Gasteiger partial charge < -0.3 is 10.1 Å².